The van der Waals surface area contributed by atoms with E-state index in [0.717, 1.165) is 23.6 Å². The Morgan fingerprint density at radius 3 is 2.54 bits per heavy atom. The Balaban J connectivity index is 1.81. The van der Waals surface area contributed by atoms with Crippen LogP contribution in [0.1, 0.15) is 49.4 Å². The number of ether oxygens (including phenoxy) is 2. The minimum atomic E-state index is -0.548. The Kier molecular flexibility index (Phi) is 10.2. The molecule has 0 bridgehead atoms. The van der Waals surface area contributed by atoms with Gasteiger partial charge in [-0.3, -0.25) is 4.79 Å². The van der Waals surface area contributed by atoms with Crippen molar-refractivity contribution in [3.8, 4) is 18.1 Å². The summed E-state index contributed by atoms with van der Waals surface area (Å²) in [6, 6.07) is 7.24. The lowest BCUT2D eigenvalue weighted by molar-refractivity contribution is -0.111. The molecule has 12 nitrogen and oxygen atoms in total. The van der Waals surface area contributed by atoms with Crippen LogP contribution in [0.4, 0.5) is 34.5 Å². The molecule has 2 N–H and O–H groups in total. The van der Waals surface area contributed by atoms with Gasteiger partial charge in [-0.1, -0.05) is 26.3 Å². The second-order valence-electron chi connectivity index (χ2n) is 12.2. The first-order valence-corrected chi connectivity index (χ1v) is 14.9. The lowest BCUT2D eigenvalue weighted by Gasteiger charge is -2.26. The highest BCUT2D eigenvalue weighted by molar-refractivity contribution is 6.02. The van der Waals surface area contributed by atoms with Gasteiger partial charge in [0.15, 0.2) is 5.82 Å². The molecule has 1 aromatic carbocycles. The van der Waals surface area contributed by atoms with Crippen molar-refractivity contribution in [2.24, 2.45) is 0 Å². The fraction of sp³-hybridized carbons (Fsp3) is 0.382. The largest absolute Gasteiger partial charge is 0.494 e. The Labute approximate surface area is 270 Å². The van der Waals surface area contributed by atoms with Crippen LogP contribution in [0.15, 0.2) is 43.1 Å². The molecule has 0 aliphatic carbocycles. The third-order valence-electron chi connectivity index (χ3n) is 7.40. The molecule has 1 aliphatic heterocycles. The third kappa shape index (κ3) is 7.38. The first kappa shape index (κ1) is 33.7. The Morgan fingerprint density at radius 2 is 1.91 bits per heavy atom. The van der Waals surface area contributed by atoms with Gasteiger partial charge in [0.1, 0.15) is 17.0 Å². The number of pyridine rings is 1. The van der Waals surface area contributed by atoms with Crippen molar-refractivity contribution in [2.45, 2.75) is 39.2 Å². The highest BCUT2D eigenvalue weighted by Crippen LogP contribution is 2.44. The minimum absolute atomic E-state index is 0.198. The van der Waals surface area contributed by atoms with Crippen LogP contribution in [0.5, 0.6) is 5.75 Å². The van der Waals surface area contributed by atoms with Gasteiger partial charge in [0.05, 0.1) is 41.7 Å². The lowest BCUT2D eigenvalue weighted by atomic mass is 9.91. The summed E-state index contributed by atoms with van der Waals surface area (Å²) in [5.41, 5.74) is 3.71. The van der Waals surface area contributed by atoms with E-state index in [2.05, 4.69) is 46.9 Å². The molecule has 242 valence electrons. The molecule has 12 heteroatoms. The number of amides is 1. The number of rotatable bonds is 12. The second-order valence-corrected chi connectivity index (χ2v) is 12.2. The number of likely N-dealkylation sites (N-methyl/N-ethyl adjacent to an activating group) is 2. The van der Waals surface area contributed by atoms with Crippen molar-refractivity contribution in [3.05, 3.63) is 60.1 Å². The number of terminal acetylenes is 1. The Hall–Kier alpha value is -5.15. The van der Waals surface area contributed by atoms with E-state index in [9.17, 15) is 9.59 Å². The molecule has 0 saturated heterocycles. The van der Waals surface area contributed by atoms with Gasteiger partial charge in [-0.2, -0.15) is 4.98 Å². The van der Waals surface area contributed by atoms with Crippen LogP contribution in [0, 0.1) is 12.3 Å². The van der Waals surface area contributed by atoms with Crippen molar-refractivity contribution in [1.82, 2.24) is 19.9 Å². The van der Waals surface area contributed by atoms with E-state index in [0.29, 0.717) is 41.7 Å². The summed E-state index contributed by atoms with van der Waals surface area (Å²) in [6.45, 7) is 13.3. The summed E-state index contributed by atoms with van der Waals surface area (Å²) in [5, 5.41) is 6.13. The number of anilines is 6. The fourth-order valence-electron chi connectivity index (χ4n) is 5.08. The highest BCUT2D eigenvalue weighted by atomic mass is 16.5. The number of nitrogens with zero attached hydrogens (tertiary/aromatic N) is 6. The summed E-state index contributed by atoms with van der Waals surface area (Å²) >= 11 is 0. The zero-order valence-electron chi connectivity index (χ0n) is 27.8. The number of aromatic nitrogens is 3. The van der Waals surface area contributed by atoms with Gasteiger partial charge < -0.3 is 34.8 Å². The van der Waals surface area contributed by atoms with E-state index < -0.39 is 11.4 Å². The number of carbonyl (C=O) groups excluding carboxylic acids is 2. The SMILES string of the molecule is C#Cc1ccc2c(n1)C(C)(C)CN2c1nc(Nc2cc(NC(=O)C=C)c(N(C)CCN(C)C)cc2OC)ncc1C(=O)OC(C)C. The van der Waals surface area contributed by atoms with Crippen molar-refractivity contribution in [1.29, 1.82) is 0 Å². The average molecular weight is 627 g/mol. The van der Waals surface area contributed by atoms with E-state index in [1.54, 1.807) is 33.1 Å². The number of nitrogens with one attached hydrogen (secondary N) is 2. The van der Waals surface area contributed by atoms with Crippen LogP contribution < -0.4 is 25.2 Å². The predicted octanol–water partition coefficient (Wildman–Crippen LogP) is 4.72. The van der Waals surface area contributed by atoms with Crippen molar-refractivity contribution < 1.29 is 19.1 Å². The monoisotopic (exact) mass is 626 g/mol. The number of benzene rings is 1. The van der Waals surface area contributed by atoms with Crippen LogP contribution in [-0.2, 0) is 14.9 Å². The summed E-state index contributed by atoms with van der Waals surface area (Å²) in [5.74, 6) is 2.74. The number of esters is 1. The van der Waals surface area contributed by atoms with Gasteiger partial charge in [0.25, 0.3) is 0 Å². The minimum Gasteiger partial charge on any atom is -0.494 e. The zero-order valence-corrected chi connectivity index (χ0v) is 27.8. The maximum atomic E-state index is 13.3. The topological polar surface area (TPSA) is 125 Å². The molecular formula is C34H42N8O4. The van der Waals surface area contributed by atoms with Crippen LogP contribution in [-0.4, -0.2) is 85.7 Å². The van der Waals surface area contributed by atoms with Crippen molar-refractivity contribution in [2.75, 3.05) is 68.3 Å². The van der Waals surface area contributed by atoms with Gasteiger partial charge >= 0.3 is 5.97 Å². The van der Waals surface area contributed by atoms with Gasteiger partial charge in [0.2, 0.25) is 11.9 Å². The molecular weight excluding hydrogens is 584 g/mol. The molecule has 0 spiro atoms. The number of hydrogen-bond donors (Lipinski definition) is 2. The molecule has 46 heavy (non-hydrogen) atoms. The van der Waals surface area contributed by atoms with Gasteiger partial charge in [-0.05, 0) is 52.2 Å². The van der Waals surface area contributed by atoms with Crippen LogP contribution in [0.2, 0.25) is 0 Å². The molecule has 0 fully saturated rings. The summed E-state index contributed by atoms with van der Waals surface area (Å²) in [6.07, 6.45) is 7.95. The van der Waals surface area contributed by atoms with Crippen molar-refractivity contribution >= 4 is 46.4 Å². The molecule has 2 aromatic heterocycles. The lowest BCUT2D eigenvalue weighted by Crippen LogP contribution is -2.29. The van der Waals surface area contributed by atoms with E-state index in [1.165, 1.54) is 12.3 Å². The standard InChI is InChI=1S/C34H42N8O4/c1-11-22-13-14-26-30(36-22)34(5,6)20-42(26)31-23(32(44)46-21(3)4)19-35-33(39-31)38-25-17-24(37-29(43)12-2)27(18-28(25)45-10)41(9)16-15-40(7)8/h1,12-14,17-19,21H,2,15-16,20H2,3-10H3,(H,37,43)(H,35,38,39). The predicted molar refractivity (Wildman–Crippen MR) is 182 cm³/mol. The zero-order chi connectivity index (χ0) is 33.8. The quantitative estimate of drug-likeness (QED) is 0.165. The summed E-state index contributed by atoms with van der Waals surface area (Å²) in [4.78, 5) is 45.7. The fourth-order valence-corrected chi connectivity index (χ4v) is 5.08. The normalized spacial score (nSPS) is 13.2. The van der Waals surface area contributed by atoms with Crippen molar-refractivity contribution in [3.63, 3.8) is 0 Å². The Morgan fingerprint density at radius 1 is 1.17 bits per heavy atom. The first-order valence-electron chi connectivity index (χ1n) is 14.9. The second kappa shape index (κ2) is 13.9. The molecule has 0 saturated carbocycles. The van der Waals surface area contributed by atoms with Gasteiger partial charge in [-0.25, -0.2) is 14.8 Å². The molecule has 1 aliphatic rings. The van der Waals surface area contributed by atoms with Crippen LogP contribution in [0.3, 0.4) is 0 Å². The first-order chi connectivity index (χ1) is 21.8. The molecule has 0 atom stereocenters. The highest BCUT2D eigenvalue weighted by Gasteiger charge is 2.40. The maximum absolute atomic E-state index is 13.3. The molecule has 0 unspecified atom stereocenters. The number of hydrogen-bond acceptors (Lipinski definition) is 11. The molecule has 3 aromatic rings. The van der Waals surface area contributed by atoms with Crippen LogP contribution >= 0.6 is 0 Å². The number of fused-ring (bicyclic) bond motifs is 1. The summed E-state index contributed by atoms with van der Waals surface area (Å²) in [7, 11) is 7.49. The third-order valence-corrected chi connectivity index (χ3v) is 7.40. The number of methoxy groups -OCH3 is 1. The van der Waals surface area contributed by atoms with E-state index >= 15 is 0 Å². The van der Waals surface area contributed by atoms with Crippen LogP contribution in [0.25, 0.3) is 0 Å². The van der Waals surface area contributed by atoms with E-state index in [-0.39, 0.29) is 23.5 Å². The molecule has 1 amide bonds. The average Bonchev–Trinajstić information content (AvgIpc) is 3.28. The van der Waals surface area contributed by atoms with E-state index in [1.807, 2.05) is 43.1 Å². The van der Waals surface area contributed by atoms with Gasteiger partial charge in [-0.15, -0.1) is 6.42 Å². The molecule has 0 radical (unpaired) electrons. The van der Waals surface area contributed by atoms with Gasteiger partial charge in [0, 0.05) is 44.4 Å². The smallest absolute Gasteiger partial charge is 0.343 e. The Bertz CT molecular complexity index is 1680. The van der Waals surface area contributed by atoms with E-state index in [4.69, 9.17) is 25.9 Å². The molecule has 3 heterocycles. The maximum Gasteiger partial charge on any atom is 0.343 e. The molecule has 4 rings (SSSR count). The number of carbonyl (C=O) groups is 2. The summed E-state index contributed by atoms with van der Waals surface area (Å²) < 4.78 is 11.3.